The van der Waals surface area contributed by atoms with E-state index in [4.69, 9.17) is 5.73 Å². The lowest BCUT2D eigenvalue weighted by molar-refractivity contribution is -0.274. The van der Waals surface area contributed by atoms with Gasteiger partial charge < -0.3 is 15.8 Å². The summed E-state index contributed by atoms with van der Waals surface area (Å²) in [6.45, 7) is 3.44. The summed E-state index contributed by atoms with van der Waals surface area (Å²) < 4.78 is 66.1. The van der Waals surface area contributed by atoms with Crippen molar-refractivity contribution in [2.24, 2.45) is 5.73 Å². The standard InChI is InChI=1S/C15H22F3N3O4S/c1-3-14(19,4-2)10-20-13(22)9-21-26(23,24)12-7-5-11(6-8-12)25-15(16,17)18/h5-8,21H,3-4,9-10,19H2,1-2H3,(H,20,22). The number of hydrogen-bond donors (Lipinski definition) is 3. The minimum atomic E-state index is -4.87. The van der Waals surface area contributed by atoms with Crippen LogP contribution in [-0.4, -0.2) is 39.3 Å². The number of ether oxygens (including phenoxy) is 1. The molecule has 0 heterocycles. The van der Waals surface area contributed by atoms with E-state index in [9.17, 15) is 26.4 Å². The minimum Gasteiger partial charge on any atom is -0.406 e. The highest BCUT2D eigenvalue weighted by Gasteiger charge is 2.31. The Balaban J connectivity index is 2.62. The second-order valence-electron chi connectivity index (χ2n) is 5.69. The lowest BCUT2D eigenvalue weighted by atomic mass is 9.94. The molecule has 1 aromatic carbocycles. The first-order chi connectivity index (χ1) is 11.9. The fourth-order valence-corrected chi connectivity index (χ4v) is 2.88. The van der Waals surface area contributed by atoms with Crippen molar-refractivity contribution >= 4 is 15.9 Å². The highest BCUT2D eigenvalue weighted by Crippen LogP contribution is 2.23. The van der Waals surface area contributed by atoms with Gasteiger partial charge in [0.25, 0.3) is 0 Å². The molecule has 0 saturated carbocycles. The molecule has 0 aliphatic rings. The van der Waals surface area contributed by atoms with Gasteiger partial charge in [-0.15, -0.1) is 13.2 Å². The molecule has 11 heteroatoms. The second kappa shape index (κ2) is 8.69. The molecule has 1 amide bonds. The van der Waals surface area contributed by atoms with E-state index >= 15 is 0 Å². The molecule has 1 aromatic rings. The molecule has 0 spiro atoms. The van der Waals surface area contributed by atoms with Gasteiger partial charge in [0.05, 0.1) is 11.4 Å². The van der Waals surface area contributed by atoms with Gasteiger partial charge in [0.1, 0.15) is 5.75 Å². The molecular formula is C15H22F3N3O4S. The lowest BCUT2D eigenvalue weighted by Crippen LogP contribution is -2.50. The van der Waals surface area contributed by atoms with Crippen molar-refractivity contribution in [1.29, 1.82) is 0 Å². The summed E-state index contributed by atoms with van der Waals surface area (Å²) in [5, 5.41) is 2.55. The van der Waals surface area contributed by atoms with Crippen LogP contribution in [0.1, 0.15) is 26.7 Å². The number of carbonyl (C=O) groups excluding carboxylic acids is 1. The summed E-state index contributed by atoms with van der Waals surface area (Å²) in [6.07, 6.45) is -3.59. The van der Waals surface area contributed by atoms with Crippen molar-refractivity contribution < 1.29 is 31.1 Å². The number of alkyl halides is 3. The zero-order valence-corrected chi connectivity index (χ0v) is 15.2. The maximum atomic E-state index is 12.1. The fourth-order valence-electron chi connectivity index (χ4n) is 1.90. The number of rotatable bonds is 9. The maximum absolute atomic E-state index is 12.1. The molecule has 0 aliphatic heterocycles. The third-order valence-corrected chi connectivity index (χ3v) is 5.25. The Hall–Kier alpha value is -1.85. The molecule has 0 radical (unpaired) electrons. The molecule has 148 valence electrons. The zero-order chi connectivity index (χ0) is 20.0. The number of nitrogens with two attached hydrogens (primary N) is 1. The highest BCUT2D eigenvalue weighted by atomic mass is 32.2. The van der Waals surface area contributed by atoms with Crippen LogP contribution in [0.2, 0.25) is 0 Å². The van der Waals surface area contributed by atoms with E-state index in [2.05, 4.69) is 14.8 Å². The number of carbonyl (C=O) groups is 1. The summed E-state index contributed by atoms with van der Waals surface area (Å²) >= 11 is 0. The number of hydrogen-bond acceptors (Lipinski definition) is 5. The van der Waals surface area contributed by atoms with Gasteiger partial charge in [-0.2, -0.15) is 0 Å². The van der Waals surface area contributed by atoms with Crippen molar-refractivity contribution in [2.45, 2.75) is 43.5 Å². The molecule has 0 bridgehead atoms. The largest absolute Gasteiger partial charge is 0.573 e. The van der Waals surface area contributed by atoms with Crippen LogP contribution in [-0.2, 0) is 14.8 Å². The van der Waals surface area contributed by atoms with Crippen molar-refractivity contribution in [1.82, 2.24) is 10.0 Å². The molecular weight excluding hydrogens is 375 g/mol. The Bertz CT molecular complexity index is 702. The van der Waals surface area contributed by atoms with Crippen LogP contribution in [0.15, 0.2) is 29.2 Å². The molecule has 26 heavy (non-hydrogen) atoms. The number of halogens is 3. The summed E-state index contributed by atoms with van der Waals surface area (Å²) in [6, 6.07) is 3.63. The first-order valence-electron chi connectivity index (χ1n) is 7.82. The van der Waals surface area contributed by atoms with Gasteiger partial charge >= 0.3 is 6.36 Å². The van der Waals surface area contributed by atoms with E-state index < -0.39 is 40.1 Å². The van der Waals surface area contributed by atoms with Crippen LogP contribution < -0.4 is 20.5 Å². The normalized spacial score (nSPS) is 12.7. The highest BCUT2D eigenvalue weighted by molar-refractivity contribution is 7.89. The van der Waals surface area contributed by atoms with E-state index in [1.807, 2.05) is 13.8 Å². The van der Waals surface area contributed by atoms with Gasteiger partial charge in [-0.25, -0.2) is 13.1 Å². The molecule has 7 nitrogen and oxygen atoms in total. The summed E-state index contributed by atoms with van der Waals surface area (Å²) in [5.74, 6) is -1.12. The average Bonchev–Trinajstić information content (AvgIpc) is 2.57. The molecule has 1 rings (SSSR count). The number of sulfonamides is 1. The smallest absolute Gasteiger partial charge is 0.406 e. The molecule has 0 atom stereocenters. The first-order valence-corrected chi connectivity index (χ1v) is 9.30. The van der Waals surface area contributed by atoms with Gasteiger partial charge in [-0.1, -0.05) is 13.8 Å². The third kappa shape index (κ3) is 7.18. The van der Waals surface area contributed by atoms with Gasteiger partial charge in [-0.05, 0) is 37.1 Å². The minimum absolute atomic E-state index is 0.198. The molecule has 4 N–H and O–H groups in total. The topological polar surface area (TPSA) is 111 Å². The summed E-state index contributed by atoms with van der Waals surface area (Å²) in [7, 11) is -4.06. The Morgan fingerprint density at radius 3 is 2.15 bits per heavy atom. The van der Waals surface area contributed by atoms with E-state index in [0.29, 0.717) is 12.8 Å². The van der Waals surface area contributed by atoms with Crippen LogP contribution in [0.5, 0.6) is 5.75 Å². The predicted octanol–water partition coefficient (Wildman–Crippen LogP) is 1.50. The average molecular weight is 397 g/mol. The monoisotopic (exact) mass is 397 g/mol. The second-order valence-corrected chi connectivity index (χ2v) is 7.46. The SMILES string of the molecule is CCC(N)(CC)CNC(=O)CNS(=O)(=O)c1ccc(OC(F)(F)F)cc1. The van der Waals surface area contributed by atoms with Crippen molar-refractivity contribution in [2.75, 3.05) is 13.1 Å². The quantitative estimate of drug-likeness (QED) is 0.585. The van der Waals surface area contributed by atoms with Gasteiger partial charge in [0.15, 0.2) is 0 Å². The van der Waals surface area contributed by atoms with E-state index in [1.165, 1.54) is 0 Å². The molecule has 0 unspecified atom stereocenters. The van der Waals surface area contributed by atoms with E-state index in [1.54, 1.807) is 0 Å². The molecule has 0 fully saturated rings. The number of nitrogens with one attached hydrogen (secondary N) is 2. The van der Waals surface area contributed by atoms with Crippen LogP contribution in [0.3, 0.4) is 0 Å². The Labute approximate surface area is 150 Å². The Kier molecular flexibility index (Phi) is 7.42. The van der Waals surface area contributed by atoms with Gasteiger partial charge in [0.2, 0.25) is 15.9 Å². The fraction of sp³-hybridized carbons (Fsp3) is 0.533. The zero-order valence-electron chi connectivity index (χ0n) is 14.4. The Morgan fingerprint density at radius 1 is 1.15 bits per heavy atom. The molecule has 0 aromatic heterocycles. The molecule has 0 saturated heterocycles. The number of amides is 1. The van der Waals surface area contributed by atoms with Crippen molar-refractivity contribution in [3.63, 3.8) is 0 Å². The lowest BCUT2D eigenvalue weighted by Gasteiger charge is -2.26. The predicted molar refractivity (Wildman–Crippen MR) is 88.8 cm³/mol. The summed E-state index contributed by atoms with van der Waals surface area (Å²) in [5.41, 5.74) is 5.46. The van der Waals surface area contributed by atoms with E-state index in [0.717, 1.165) is 24.3 Å². The third-order valence-electron chi connectivity index (χ3n) is 3.84. The van der Waals surface area contributed by atoms with Crippen LogP contribution in [0.4, 0.5) is 13.2 Å². The Morgan fingerprint density at radius 2 is 1.69 bits per heavy atom. The van der Waals surface area contributed by atoms with Gasteiger partial charge in [0, 0.05) is 12.1 Å². The van der Waals surface area contributed by atoms with E-state index in [-0.39, 0.29) is 11.4 Å². The van der Waals surface area contributed by atoms with Crippen LogP contribution in [0, 0.1) is 0 Å². The van der Waals surface area contributed by atoms with Gasteiger partial charge in [-0.3, -0.25) is 4.79 Å². The number of benzene rings is 1. The van der Waals surface area contributed by atoms with Crippen LogP contribution in [0.25, 0.3) is 0 Å². The maximum Gasteiger partial charge on any atom is 0.573 e. The van der Waals surface area contributed by atoms with Crippen molar-refractivity contribution in [3.05, 3.63) is 24.3 Å². The first kappa shape index (κ1) is 22.2. The van der Waals surface area contributed by atoms with Crippen molar-refractivity contribution in [3.8, 4) is 5.75 Å². The van der Waals surface area contributed by atoms with Crippen LogP contribution >= 0.6 is 0 Å². The molecule has 0 aliphatic carbocycles. The summed E-state index contributed by atoms with van der Waals surface area (Å²) in [4.78, 5) is 11.5.